The van der Waals surface area contributed by atoms with Gasteiger partial charge in [-0.05, 0) is 71.9 Å². The number of methoxy groups -OCH3 is 1. The van der Waals surface area contributed by atoms with Gasteiger partial charge in [0, 0.05) is 29.6 Å². The van der Waals surface area contributed by atoms with Gasteiger partial charge in [0.05, 0.1) is 19.3 Å². The first-order chi connectivity index (χ1) is 13.9. The number of rotatable bonds is 4. The maximum atomic E-state index is 5.39. The van der Waals surface area contributed by atoms with E-state index in [4.69, 9.17) is 4.74 Å². The van der Waals surface area contributed by atoms with Crippen LogP contribution in [0.1, 0.15) is 62.3 Å². The first-order valence-electron chi connectivity index (χ1n) is 10.6. The molecular weight excluding hydrogens is 376 g/mol. The first kappa shape index (κ1) is 20.3. The molecule has 0 atom stereocenters. The third-order valence-corrected chi connectivity index (χ3v) is 7.35. The van der Waals surface area contributed by atoms with Crippen molar-refractivity contribution in [2.24, 2.45) is 5.41 Å². The molecule has 1 aromatic carbocycles. The van der Waals surface area contributed by atoms with Gasteiger partial charge >= 0.3 is 0 Å². The molecular formula is C25H32N2OS. The predicted molar refractivity (Wildman–Crippen MR) is 126 cm³/mol. The first-order valence-corrected chi connectivity index (χ1v) is 11.8. The molecule has 1 aliphatic heterocycles. The molecule has 3 nitrogen and oxygen atoms in total. The molecule has 4 heteroatoms. The molecule has 154 valence electrons. The van der Waals surface area contributed by atoms with Gasteiger partial charge in [0.2, 0.25) is 5.88 Å². The number of pyridine rings is 1. The van der Waals surface area contributed by atoms with Crippen LogP contribution < -0.4 is 9.04 Å². The molecule has 0 saturated heterocycles. The topological polar surface area (TPSA) is 25.4 Å². The van der Waals surface area contributed by atoms with Crippen LogP contribution in [0, 0.1) is 12.3 Å². The van der Waals surface area contributed by atoms with E-state index in [0.29, 0.717) is 11.3 Å². The molecule has 2 aliphatic rings. The monoisotopic (exact) mass is 408 g/mol. The number of allylic oxidation sites excluding steroid dienone is 2. The molecule has 0 unspecified atom stereocenters. The third kappa shape index (κ3) is 3.56. The van der Waals surface area contributed by atoms with Gasteiger partial charge in [0.25, 0.3) is 0 Å². The van der Waals surface area contributed by atoms with Crippen LogP contribution in [0.25, 0.3) is 16.7 Å². The minimum atomic E-state index is 0.419. The smallest absolute Gasteiger partial charge is 0.213 e. The summed E-state index contributed by atoms with van der Waals surface area (Å²) in [4.78, 5) is 4.53. The average Bonchev–Trinajstić information content (AvgIpc) is 2.72. The molecule has 0 N–H and O–H groups in total. The number of hydrogen-bond acceptors (Lipinski definition) is 4. The Hall–Kier alpha value is -1.94. The highest BCUT2D eigenvalue weighted by atomic mass is 32.2. The van der Waals surface area contributed by atoms with E-state index >= 15 is 0 Å². The van der Waals surface area contributed by atoms with E-state index in [9.17, 15) is 0 Å². The van der Waals surface area contributed by atoms with Crippen molar-refractivity contribution in [2.75, 3.05) is 17.7 Å². The highest BCUT2D eigenvalue weighted by molar-refractivity contribution is 7.99. The fraction of sp³-hybridized carbons (Fsp3) is 0.480. The van der Waals surface area contributed by atoms with Crippen molar-refractivity contribution in [2.45, 2.75) is 59.9 Å². The summed E-state index contributed by atoms with van der Waals surface area (Å²) in [5.74, 6) is 0.688. The lowest BCUT2D eigenvalue weighted by molar-refractivity contribution is 0.335. The zero-order chi connectivity index (χ0) is 20.8. The van der Waals surface area contributed by atoms with Gasteiger partial charge in [-0.15, -0.1) is 0 Å². The van der Waals surface area contributed by atoms with Gasteiger partial charge in [-0.25, -0.2) is 4.98 Å². The largest absolute Gasteiger partial charge is 0.481 e. The normalized spacial score (nSPS) is 17.4. The van der Waals surface area contributed by atoms with Crippen molar-refractivity contribution in [3.05, 3.63) is 46.7 Å². The molecule has 0 amide bonds. The molecule has 0 spiro atoms. The van der Waals surface area contributed by atoms with Crippen molar-refractivity contribution < 1.29 is 4.74 Å². The van der Waals surface area contributed by atoms with Crippen molar-refractivity contribution in [1.29, 1.82) is 0 Å². The number of ether oxygens (including phenoxy) is 1. The highest BCUT2D eigenvalue weighted by Crippen LogP contribution is 2.48. The van der Waals surface area contributed by atoms with Crippen LogP contribution in [-0.4, -0.2) is 18.3 Å². The Kier molecular flexibility index (Phi) is 5.41. The van der Waals surface area contributed by atoms with E-state index in [2.05, 4.69) is 61.4 Å². The maximum Gasteiger partial charge on any atom is 0.213 e. The van der Waals surface area contributed by atoms with E-state index in [1.165, 1.54) is 51.1 Å². The Morgan fingerprint density at radius 1 is 1.21 bits per heavy atom. The second-order valence-electron chi connectivity index (χ2n) is 8.98. The van der Waals surface area contributed by atoms with E-state index in [1.807, 2.05) is 6.20 Å². The Morgan fingerprint density at radius 3 is 2.62 bits per heavy atom. The Balaban J connectivity index is 1.93. The minimum absolute atomic E-state index is 0.419. The molecule has 1 aromatic heterocycles. The summed E-state index contributed by atoms with van der Waals surface area (Å²) in [5.41, 5.74) is 11.5. The highest BCUT2D eigenvalue weighted by Gasteiger charge is 2.29. The number of benzene rings is 1. The van der Waals surface area contributed by atoms with Gasteiger partial charge in [-0.3, -0.25) is 0 Å². The van der Waals surface area contributed by atoms with Gasteiger partial charge in [0.1, 0.15) is 0 Å². The van der Waals surface area contributed by atoms with E-state index < -0.39 is 0 Å². The number of anilines is 1. The fourth-order valence-electron chi connectivity index (χ4n) is 4.79. The molecule has 29 heavy (non-hydrogen) atoms. The Bertz CT molecular complexity index is 977. The minimum Gasteiger partial charge on any atom is -0.481 e. The van der Waals surface area contributed by atoms with Crippen LogP contribution in [0.15, 0.2) is 24.4 Å². The van der Waals surface area contributed by atoms with E-state index in [1.54, 1.807) is 19.1 Å². The van der Waals surface area contributed by atoms with Gasteiger partial charge < -0.3 is 9.04 Å². The summed E-state index contributed by atoms with van der Waals surface area (Å²) >= 11 is 1.80. The predicted octanol–water partition coefficient (Wildman–Crippen LogP) is 6.82. The van der Waals surface area contributed by atoms with Gasteiger partial charge in [-0.1, -0.05) is 38.8 Å². The molecule has 0 radical (unpaired) electrons. The van der Waals surface area contributed by atoms with Crippen LogP contribution in [0.3, 0.4) is 0 Å². The van der Waals surface area contributed by atoms with E-state index in [0.717, 1.165) is 25.8 Å². The van der Waals surface area contributed by atoms with Crippen molar-refractivity contribution in [3.8, 4) is 17.0 Å². The van der Waals surface area contributed by atoms with Crippen LogP contribution in [0.2, 0.25) is 0 Å². The third-order valence-electron chi connectivity index (χ3n) is 6.60. The van der Waals surface area contributed by atoms with Crippen LogP contribution in [-0.2, 0) is 13.0 Å². The van der Waals surface area contributed by atoms with Crippen molar-refractivity contribution >= 4 is 23.2 Å². The molecule has 0 saturated carbocycles. The molecule has 1 aliphatic carbocycles. The molecule has 2 heterocycles. The molecule has 4 rings (SSSR count). The summed E-state index contributed by atoms with van der Waals surface area (Å²) in [7, 11) is 1.69. The van der Waals surface area contributed by atoms with Crippen molar-refractivity contribution in [3.63, 3.8) is 0 Å². The SMILES string of the molecule is CCc1c(C2=CCC(C)(C)CC2)cc2c(c1C)N(SC)Cc1cc(OC)ncc1-2. The zero-order valence-corrected chi connectivity index (χ0v) is 19.4. The van der Waals surface area contributed by atoms with Gasteiger partial charge in [0.15, 0.2) is 0 Å². The fourth-order valence-corrected chi connectivity index (χ4v) is 5.47. The quantitative estimate of drug-likeness (QED) is 0.518. The number of hydrogen-bond donors (Lipinski definition) is 0. The van der Waals surface area contributed by atoms with E-state index in [-0.39, 0.29) is 0 Å². The summed E-state index contributed by atoms with van der Waals surface area (Å²) in [6.07, 6.45) is 11.3. The number of fused-ring (bicyclic) bond motifs is 3. The molecule has 2 aromatic rings. The number of nitrogens with zero attached hydrogens (tertiary/aromatic N) is 2. The zero-order valence-electron chi connectivity index (χ0n) is 18.6. The van der Waals surface area contributed by atoms with Crippen LogP contribution in [0.4, 0.5) is 5.69 Å². The van der Waals surface area contributed by atoms with Crippen molar-refractivity contribution in [1.82, 2.24) is 4.98 Å². The Labute approximate surface area is 179 Å². The summed E-state index contributed by atoms with van der Waals surface area (Å²) in [6, 6.07) is 4.54. The summed E-state index contributed by atoms with van der Waals surface area (Å²) in [5, 5.41) is 0. The summed E-state index contributed by atoms with van der Waals surface area (Å²) < 4.78 is 7.81. The molecule has 0 bridgehead atoms. The maximum absolute atomic E-state index is 5.39. The van der Waals surface area contributed by atoms with Crippen LogP contribution in [0.5, 0.6) is 5.88 Å². The Morgan fingerprint density at radius 2 is 2.00 bits per heavy atom. The summed E-state index contributed by atoms with van der Waals surface area (Å²) in [6.45, 7) is 10.2. The lowest BCUT2D eigenvalue weighted by Crippen LogP contribution is -2.22. The second kappa shape index (κ2) is 7.71. The standard InChI is InChI=1S/C25H32N2OS/c1-7-19-16(2)24-21(13-20(19)17-8-10-25(3,4)11-9-17)22-14-26-23(28-5)12-18(22)15-27(24)29-6/h8,12-14H,7,9-11,15H2,1-6H3. The lowest BCUT2D eigenvalue weighted by atomic mass is 9.75. The van der Waals surface area contributed by atoms with Gasteiger partial charge in [-0.2, -0.15) is 0 Å². The second-order valence-corrected chi connectivity index (χ2v) is 9.78. The average molecular weight is 409 g/mol. The van der Waals surface area contributed by atoms with Crippen LogP contribution >= 0.6 is 11.9 Å². The number of aromatic nitrogens is 1. The molecule has 0 fully saturated rings. The lowest BCUT2D eigenvalue weighted by Gasteiger charge is -2.35.